The molecule has 1 fully saturated rings. The Labute approximate surface area is 122 Å². The van der Waals surface area contributed by atoms with Gasteiger partial charge in [-0.25, -0.2) is 4.98 Å². The van der Waals surface area contributed by atoms with Gasteiger partial charge in [0.05, 0.1) is 0 Å². The molecule has 2 rings (SSSR count). The molecule has 110 valence electrons. The summed E-state index contributed by atoms with van der Waals surface area (Å²) in [6.45, 7) is 14.7. The van der Waals surface area contributed by atoms with Crippen LogP contribution in [0.5, 0.6) is 0 Å². The Balaban J connectivity index is 1.73. The highest BCUT2D eigenvalue weighted by Gasteiger charge is 2.17. The Hall–Kier alpha value is -1.39. The average molecular weight is 274 g/mol. The quantitative estimate of drug-likeness (QED) is 0.801. The number of nitrogens with one attached hydrogen (secondary N) is 1. The third-order valence-corrected chi connectivity index (χ3v) is 3.55. The van der Waals surface area contributed by atoms with Crippen molar-refractivity contribution >= 4 is 5.82 Å². The van der Waals surface area contributed by atoms with E-state index < -0.39 is 0 Å². The minimum absolute atomic E-state index is 0.521. The number of hydrogen-bond donors (Lipinski definition) is 1. The zero-order valence-corrected chi connectivity index (χ0v) is 12.7. The number of pyridine rings is 1. The lowest BCUT2D eigenvalue weighted by atomic mass is 10.2. The van der Waals surface area contributed by atoms with Gasteiger partial charge in [-0.05, 0) is 17.7 Å². The largest absolute Gasteiger partial charge is 0.354 e. The highest BCUT2D eigenvalue weighted by Crippen LogP contribution is 2.12. The maximum Gasteiger partial charge on any atom is 0.128 e. The van der Waals surface area contributed by atoms with Crippen molar-refractivity contribution in [3.8, 4) is 0 Å². The van der Waals surface area contributed by atoms with E-state index in [2.05, 4.69) is 46.6 Å². The topological polar surface area (TPSA) is 31.4 Å². The van der Waals surface area contributed by atoms with Gasteiger partial charge in [0, 0.05) is 51.5 Å². The first-order valence-corrected chi connectivity index (χ1v) is 7.43. The molecule has 0 spiro atoms. The highest BCUT2D eigenvalue weighted by atomic mass is 15.3. The van der Waals surface area contributed by atoms with Gasteiger partial charge < -0.3 is 10.2 Å². The summed E-state index contributed by atoms with van der Waals surface area (Å²) < 4.78 is 0. The van der Waals surface area contributed by atoms with Crippen molar-refractivity contribution in [2.75, 3.05) is 44.2 Å². The van der Waals surface area contributed by atoms with E-state index >= 15 is 0 Å². The summed E-state index contributed by atoms with van der Waals surface area (Å²) in [4.78, 5) is 9.25. The van der Waals surface area contributed by atoms with Crippen LogP contribution in [0.4, 0.5) is 5.82 Å². The molecule has 0 aliphatic carbocycles. The molecular weight excluding hydrogens is 248 g/mol. The maximum absolute atomic E-state index is 4.42. The van der Waals surface area contributed by atoms with Gasteiger partial charge >= 0.3 is 0 Å². The van der Waals surface area contributed by atoms with E-state index in [1.165, 1.54) is 5.57 Å². The van der Waals surface area contributed by atoms with Crippen LogP contribution in [0.2, 0.25) is 0 Å². The molecule has 0 bridgehead atoms. The lowest BCUT2D eigenvalue weighted by Gasteiger charge is -2.35. The summed E-state index contributed by atoms with van der Waals surface area (Å²) in [5, 5.41) is 3.42. The van der Waals surface area contributed by atoms with Crippen LogP contribution in [0.1, 0.15) is 13.8 Å². The lowest BCUT2D eigenvalue weighted by molar-refractivity contribution is 0.275. The van der Waals surface area contributed by atoms with Crippen LogP contribution in [0.3, 0.4) is 0 Å². The smallest absolute Gasteiger partial charge is 0.128 e. The van der Waals surface area contributed by atoms with Gasteiger partial charge in [0.25, 0.3) is 0 Å². The minimum Gasteiger partial charge on any atom is -0.354 e. The monoisotopic (exact) mass is 274 g/mol. The Morgan fingerprint density at radius 1 is 1.30 bits per heavy atom. The first-order valence-electron chi connectivity index (χ1n) is 7.43. The van der Waals surface area contributed by atoms with E-state index in [0.29, 0.717) is 6.04 Å². The predicted octanol–water partition coefficient (Wildman–Crippen LogP) is 1.76. The van der Waals surface area contributed by atoms with Gasteiger partial charge in [0.2, 0.25) is 0 Å². The van der Waals surface area contributed by atoms with Gasteiger partial charge in [-0.1, -0.05) is 26.5 Å². The van der Waals surface area contributed by atoms with E-state index in [9.17, 15) is 0 Å². The van der Waals surface area contributed by atoms with Crippen LogP contribution in [0.25, 0.3) is 0 Å². The zero-order valence-electron chi connectivity index (χ0n) is 12.7. The van der Waals surface area contributed by atoms with E-state index in [0.717, 1.165) is 45.1 Å². The predicted molar refractivity (Wildman–Crippen MR) is 85.2 cm³/mol. The van der Waals surface area contributed by atoms with Crippen molar-refractivity contribution in [2.24, 2.45) is 0 Å². The van der Waals surface area contributed by atoms with E-state index in [4.69, 9.17) is 0 Å². The third kappa shape index (κ3) is 4.62. The van der Waals surface area contributed by atoms with Gasteiger partial charge in [0.1, 0.15) is 5.82 Å². The third-order valence-electron chi connectivity index (χ3n) is 3.55. The SMILES string of the molecule is C=C(CNC(C)C)CN1CCN(c2ccccn2)CC1. The zero-order chi connectivity index (χ0) is 14.4. The van der Waals surface area contributed by atoms with Crippen molar-refractivity contribution in [3.63, 3.8) is 0 Å². The second kappa shape index (κ2) is 7.41. The highest BCUT2D eigenvalue weighted by molar-refractivity contribution is 5.38. The van der Waals surface area contributed by atoms with Crippen LogP contribution in [0.15, 0.2) is 36.5 Å². The Morgan fingerprint density at radius 2 is 2.05 bits per heavy atom. The number of piperazine rings is 1. The molecule has 4 heteroatoms. The Morgan fingerprint density at radius 3 is 2.65 bits per heavy atom. The van der Waals surface area contributed by atoms with Gasteiger partial charge in [-0.3, -0.25) is 4.90 Å². The summed E-state index contributed by atoms with van der Waals surface area (Å²) >= 11 is 0. The van der Waals surface area contributed by atoms with Crippen LogP contribution in [0, 0.1) is 0 Å². The molecule has 1 aliphatic rings. The summed E-state index contributed by atoms with van der Waals surface area (Å²) in [5.41, 5.74) is 1.27. The number of aromatic nitrogens is 1. The first kappa shape index (κ1) is 15.0. The van der Waals surface area contributed by atoms with Crippen LogP contribution in [-0.4, -0.2) is 55.2 Å². The molecule has 0 amide bonds. The molecule has 1 aromatic heterocycles. The molecule has 0 unspecified atom stereocenters. The molecule has 0 atom stereocenters. The minimum atomic E-state index is 0.521. The Bertz CT molecular complexity index is 408. The van der Waals surface area contributed by atoms with Crippen molar-refractivity contribution in [1.82, 2.24) is 15.2 Å². The standard InChI is InChI=1S/C16H26N4/c1-14(2)18-12-15(3)13-19-8-10-20(11-9-19)16-6-4-5-7-17-16/h4-7,14,18H,3,8-13H2,1-2H3. The first-order chi connectivity index (χ1) is 9.65. The van der Waals surface area contributed by atoms with Crippen LogP contribution in [-0.2, 0) is 0 Å². The van der Waals surface area contributed by atoms with Crippen LogP contribution >= 0.6 is 0 Å². The van der Waals surface area contributed by atoms with Crippen LogP contribution < -0.4 is 10.2 Å². The van der Waals surface area contributed by atoms with E-state index in [1.54, 1.807) is 0 Å². The normalized spacial score (nSPS) is 16.6. The second-order valence-electron chi connectivity index (χ2n) is 5.74. The number of nitrogens with zero attached hydrogens (tertiary/aromatic N) is 3. The fourth-order valence-corrected chi connectivity index (χ4v) is 2.40. The molecule has 1 aliphatic heterocycles. The number of anilines is 1. The second-order valence-corrected chi connectivity index (χ2v) is 5.74. The molecule has 0 aromatic carbocycles. The summed E-state index contributed by atoms with van der Waals surface area (Å²) in [6, 6.07) is 6.62. The summed E-state index contributed by atoms with van der Waals surface area (Å²) in [7, 11) is 0. The molecule has 1 aromatic rings. The van der Waals surface area contributed by atoms with E-state index in [1.807, 2.05) is 18.3 Å². The van der Waals surface area contributed by atoms with Crippen molar-refractivity contribution in [2.45, 2.75) is 19.9 Å². The Kier molecular flexibility index (Phi) is 5.56. The van der Waals surface area contributed by atoms with Gasteiger partial charge in [-0.15, -0.1) is 0 Å². The molecule has 4 nitrogen and oxygen atoms in total. The van der Waals surface area contributed by atoms with Crippen molar-refractivity contribution in [1.29, 1.82) is 0 Å². The molecule has 2 heterocycles. The van der Waals surface area contributed by atoms with Gasteiger partial charge in [-0.2, -0.15) is 0 Å². The lowest BCUT2D eigenvalue weighted by Crippen LogP contribution is -2.47. The average Bonchev–Trinajstić information content (AvgIpc) is 2.47. The molecule has 1 N–H and O–H groups in total. The van der Waals surface area contributed by atoms with Crippen molar-refractivity contribution in [3.05, 3.63) is 36.5 Å². The molecule has 20 heavy (non-hydrogen) atoms. The van der Waals surface area contributed by atoms with E-state index in [-0.39, 0.29) is 0 Å². The number of hydrogen-bond acceptors (Lipinski definition) is 4. The summed E-state index contributed by atoms with van der Waals surface area (Å²) in [6.07, 6.45) is 1.86. The molecule has 1 saturated heterocycles. The van der Waals surface area contributed by atoms with Crippen molar-refractivity contribution < 1.29 is 0 Å². The molecule has 0 radical (unpaired) electrons. The fourth-order valence-electron chi connectivity index (χ4n) is 2.40. The van der Waals surface area contributed by atoms with Gasteiger partial charge in [0.15, 0.2) is 0 Å². The maximum atomic E-state index is 4.42. The molecule has 0 saturated carbocycles. The summed E-state index contributed by atoms with van der Waals surface area (Å²) in [5.74, 6) is 1.09. The molecular formula is C16H26N4. The number of rotatable bonds is 6. The fraction of sp³-hybridized carbons (Fsp3) is 0.562.